The van der Waals surface area contributed by atoms with Crippen LogP contribution in [0.1, 0.15) is 34.2 Å². The molecule has 6 rings (SSSR count). The van der Waals surface area contributed by atoms with E-state index in [-0.39, 0.29) is 11.8 Å². The summed E-state index contributed by atoms with van der Waals surface area (Å²) in [4.78, 5) is 15.7. The predicted molar refractivity (Wildman–Crippen MR) is 158 cm³/mol. The van der Waals surface area contributed by atoms with Crippen molar-refractivity contribution >= 4 is 5.91 Å². The Balaban J connectivity index is 0.000000384. The van der Waals surface area contributed by atoms with Crippen LogP contribution < -0.4 is 10.5 Å². The van der Waals surface area contributed by atoms with Crippen molar-refractivity contribution < 1.29 is 9.53 Å². The van der Waals surface area contributed by atoms with Crippen molar-refractivity contribution in [1.29, 1.82) is 0 Å². The molecule has 2 N–H and O–H groups in total. The van der Waals surface area contributed by atoms with Gasteiger partial charge in [0.1, 0.15) is 11.2 Å². The molecular formula is C35H38N2O2. The molecule has 0 bridgehead atoms. The van der Waals surface area contributed by atoms with Crippen LogP contribution in [0.3, 0.4) is 0 Å². The Kier molecular flexibility index (Phi) is 8.43. The predicted octanol–water partition coefficient (Wildman–Crippen LogP) is 5.95. The van der Waals surface area contributed by atoms with Crippen LogP contribution in [0, 0.1) is 12.8 Å². The van der Waals surface area contributed by atoms with E-state index >= 15 is 0 Å². The van der Waals surface area contributed by atoms with E-state index in [0.717, 1.165) is 62.4 Å². The molecule has 0 spiro atoms. The molecule has 4 aromatic rings. The summed E-state index contributed by atoms with van der Waals surface area (Å²) >= 11 is 0. The number of hydrogen-bond acceptors (Lipinski definition) is 3. The van der Waals surface area contributed by atoms with Gasteiger partial charge in [-0.15, -0.1) is 0 Å². The summed E-state index contributed by atoms with van der Waals surface area (Å²) < 4.78 is 5.64. The van der Waals surface area contributed by atoms with Gasteiger partial charge in [0.2, 0.25) is 5.91 Å². The molecule has 0 aromatic heterocycles. The molecule has 200 valence electrons. The van der Waals surface area contributed by atoms with Gasteiger partial charge in [-0.1, -0.05) is 109 Å². The minimum absolute atomic E-state index is 0.137. The van der Waals surface area contributed by atoms with Gasteiger partial charge in [-0.2, -0.15) is 0 Å². The third kappa shape index (κ3) is 5.91. The molecule has 2 aliphatic rings. The van der Waals surface area contributed by atoms with Gasteiger partial charge in [0.05, 0.1) is 6.61 Å². The summed E-state index contributed by atoms with van der Waals surface area (Å²) in [6.45, 7) is 5.70. The molecule has 39 heavy (non-hydrogen) atoms. The van der Waals surface area contributed by atoms with Crippen molar-refractivity contribution in [3.05, 3.63) is 137 Å². The molecule has 2 heterocycles. The molecule has 0 saturated carbocycles. The Hall–Kier alpha value is -3.89. The van der Waals surface area contributed by atoms with Crippen molar-refractivity contribution in [3.63, 3.8) is 0 Å². The lowest BCUT2D eigenvalue weighted by Gasteiger charge is -2.37. The Labute approximate surface area is 232 Å². The second-order valence-corrected chi connectivity index (χ2v) is 10.6. The van der Waals surface area contributed by atoms with Gasteiger partial charge in [0.15, 0.2) is 0 Å². The highest BCUT2D eigenvalue weighted by Gasteiger charge is 2.49. The van der Waals surface area contributed by atoms with Gasteiger partial charge >= 0.3 is 0 Å². The number of carbonyl (C=O) groups is 1. The number of amides is 1. The number of rotatable bonds is 7. The Bertz CT molecular complexity index is 1320. The van der Waals surface area contributed by atoms with Crippen molar-refractivity contribution in [2.75, 3.05) is 26.2 Å². The number of fused-ring (bicyclic) bond motifs is 1. The lowest BCUT2D eigenvalue weighted by atomic mass is 9.64. The molecule has 4 nitrogen and oxygen atoms in total. The molecule has 1 saturated heterocycles. The summed E-state index contributed by atoms with van der Waals surface area (Å²) in [5, 5.41) is 0. The van der Waals surface area contributed by atoms with E-state index in [2.05, 4.69) is 42.2 Å². The van der Waals surface area contributed by atoms with E-state index in [9.17, 15) is 4.79 Å². The number of hydrogen-bond donors (Lipinski definition) is 1. The molecule has 1 amide bonds. The first-order chi connectivity index (χ1) is 19.1. The van der Waals surface area contributed by atoms with Crippen molar-refractivity contribution in [2.24, 2.45) is 11.7 Å². The third-order valence-electron chi connectivity index (χ3n) is 8.14. The first kappa shape index (κ1) is 26.7. The number of benzene rings is 4. The van der Waals surface area contributed by atoms with Crippen molar-refractivity contribution in [1.82, 2.24) is 4.90 Å². The normalized spacial score (nSPS) is 16.6. The van der Waals surface area contributed by atoms with Crippen LogP contribution in [-0.4, -0.2) is 37.0 Å². The van der Waals surface area contributed by atoms with E-state index in [1.54, 1.807) is 0 Å². The van der Waals surface area contributed by atoms with Crippen LogP contribution in [0.15, 0.2) is 109 Å². The van der Waals surface area contributed by atoms with Crippen LogP contribution in [-0.2, 0) is 23.1 Å². The average molecular weight is 519 g/mol. The molecule has 4 aromatic carbocycles. The fraction of sp³-hybridized carbons (Fsp3) is 0.286. The highest BCUT2D eigenvalue weighted by Crippen LogP contribution is 2.43. The zero-order chi connectivity index (χ0) is 27.1. The van der Waals surface area contributed by atoms with Gasteiger partial charge in [-0.3, -0.25) is 4.79 Å². The third-order valence-corrected chi connectivity index (χ3v) is 8.14. The van der Waals surface area contributed by atoms with Gasteiger partial charge in [0.25, 0.3) is 0 Å². The highest BCUT2D eigenvalue weighted by molar-refractivity contribution is 5.91. The van der Waals surface area contributed by atoms with Gasteiger partial charge in [-0.25, -0.2) is 0 Å². The molecule has 1 unspecified atom stereocenters. The second kappa shape index (κ2) is 12.3. The summed E-state index contributed by atoms with van der Waals surface area (Å²) in [5.74, 6) is 0.908. The number of likely N-dealkylation sites (tertiary alicyclic amines) is 1. The SMILES string of the molecule is Cc1ccccc1.NC(=O)C(c1ccccc1)(c1ccccc1)C1CCN(CCc2ccc3c(c2)CCO3)C1. The van der Waals surface area contributed by atoms with E-state index in [1.165, 1.54) is 16.7 Å². The Morgan fingerprint density at radius 2 is 1.51 bits per heavy atom. The van der Waals surface area contributed by atoms with Crippen LogP contribution in [0.2, 0.25) is 0 Å². The quantitative estimate of drug-likeness (QED) is 0.329. The first-order valence-electron chi connectivity index (χ1n) is 14.0. The minimum atomic E-state index is -0.817. The standard InChI is InChI=1S/C28H30N2O2.C7H8/c29-27(31)28(23-7-3-1-4-8-23,24-9-5-2-6-10-24)25-14-17-30(20-25)16-13-21-11-12-26-22(19-21)15-18-32-26;1-7-5-3-2-4-6-7/h1-12,19,25H,13-18,20H2,(H2,29,31);2-6H,1H3. The zero-order valence-electron chi connectivity index (χ0n) is 22.8. The van der Waals surface area contributed by atoms with Crippen molar-refractivity contribution in [2.45, 2.75) is 31.6 Å². The number of aryl methyl sites for hydroxylation is 1. The zero-order valence-corrected chi connectivity index (χ0v) is 22.8. The number of primary amides is 1. The highest BCUT2D eigenvalue weighted by atomic mass is 16.5. The summed E-state index contributed by atoms with van der Waals surface area (Å²) in [7, 11) is 0. The van der Waals surface area contributed by atoms with E-state index in [1.807, 2.05) is 78.9 Å². The topological polar surface area (TPSA) is 55.6 Å². The average Bonchev–Trinajstić information content (AvgIpc) is 3.64. The van der Waals surface area contributed by atoms with Crippen LogP contribution in [0.25, 0.3) is 0 Å². The lowest BCUT2D eigenvalue weighted by molar-refractivity contribution is -0.123. The molecule has 2 aliphatic heterocycles. The maximum atomic E-state index is 13.2. The monoisotopic (exact) mass is 518 g/mol. The minimum Gasteiger partial charge on any atom is -0.493 e. The van der Waals surface area contributed by atoms with Crippen LogP contribution >= 0.6 is 0 Å². The molecule has 0 radical (unpaired) electrons. The summed E-state index contributed by atoms with van der Waals surface area (Å²) in [6, 6.07) is 37.0. The first-order valence-corrected chi connectivity index (χ1v) is 14.0. The fourth-order valence-corrected chi connectivity index (χ4v) is 6.13. The number of nitrogens with two attached hydrogens (primary N) is 1. The molecule has 4 heteroatoms. The maximum Gasteiger partial charge on any atom is 0.232 e. The second-order valence-electron chi connectivity index (χ2n) is 10.6. The van der Waals surface area contributed by atoms with E-state index in [4.69, 9.17) is 10.5 Å². The van der Waals surface area contributed by atoms with Crippen molar-refractivity contribution in [3.8, 4) is 5.75 Å². The molecule has 0 aliphatic carbocycles. The Morgan fingerprint density at radius 1 is 0.897 bits per heavy atom. The fourth-order valence-electron chi connectivity index (χ4n) is 6.13. The van der Waals surface area contributed by atoms with Gasteiger partial charge < -0.3 is 15.4 Å². The van der Waals surface area contributed by atoms with Gasteiger partial charge in [-0.05, 0) is 60.5 Å². The molecular weight excluding hydrogens is 480 g/mol. The van der Waals surface area contributed by atoms with Crippen LogP contribution in [0.4, 0.5) is 0 Å². The van der Waals surface area contributed by atoms with E-state index in [0.29, 0.717) is 0 Å². The number of ether oxygens (including phenoxy) is 1. The molecule has 1 fully saturated rings. The lowest BCUT2D eigenvalue weighted by Crippen LogP contribution is -2.49. The summed E-state index contributed by atoms with van der Waals surface area (Å²) in [6.07, 6.45) is 2.95. The number of carbonyl (C=O) groups excluding carboxylic acids is 1. The smallest absolute Gasteiger partial charge is 0.232 e. The maximum absolute atomic E-state index is 13.2. The largest absolute Gasteiger partial charge is 0.493 e. The summed E-state index contributed by atoms with van der Waals surface area (Å²) in [5.41, 5.74) is 11.4. The Morgan fingerprint density at radius 3 is 2.08 bits per heavy atom. The molecule has 1 atom stereocenters. The number of nitrogens with zero attached hydrogens (tertiary/aromatic N) is 1. The van der Waals surface area contributed by atoms with Crippen LogP contribution in [0.5, 0.6) is 5.75 Å². The van der Waals surface area contributed by atoms with E-state index < -0.39 is 5.41 Å². The van der Waals surface area contributed by atoms with Gasteiger partial charge in [0, 0.05) is 19.5 Å².